The minimum atomic E-state index is -0.0257. The molecular formula is C13H18N4O. The van der Waals surface area contributed by atoms with Crippen molar-refractivity contribution < 1.29 is 4.74 Å². The molecule has 0 bridgehead atoms. The van der Waals surface area contributed by atoms with Gasteiger partial charge < -0.3 is 9.30 Å². The molecule has 0 fully saturated rings. The van der Waals surface area contributed by atoms with E-state index >= 15 is 0 Å². The van der Waals surface area contributed by atoms with Gasteiger partial charge in [-0.1, -0.05) is 18.2 Å². The minimum absolute atomic E-state index is 0.0257. The predicted molar refractivity (Wildman–Crippen MR) is 70.0 cm³/mol. The summed E-state index contributed by atoms with van der Waals surface area (Å²) in [4.78, 5) is 4.31. The van der Waals surface area contributed by atoms with Gasteiger partial charge in [-0.05, 0) is 6.07 Å². The maximum atomic E-state index is 5.65. The van der Waals surface area contributed by atoms with Crippen molar-refractivity contribution in [2.24, 2.45) is 12.9 Å². The Morgan fingerprint density at radius 1 is 1.44 bits per heavy atom. The first-order valence-corrected chi connectivity index (χ1v) is 5.81. The summed E-state index contributed by atoms with van der Waals surface area (Å²) in [6.45, 7) is 0. The van der Waals surface area contributed by atoms with Crippen LogP contribution in [0.2, 0.25) is 0 Å². The van der Waals surface area contributed by atoms with E-state index in [1.165, 1.54) is 0 Å². The van der Waals surface area contributed by atoms with Gasteiger partial charge in [-0.3, -0.25) is 11.3 Å². The molecule has 5 nitrogen and oxygen atoms in total. The number of benzene rings is 1. The van der Waals surface area contributed by atoms with E-state index < -0.39 is 0 Å². The number of hydrazine groups is 1. The molecule has 3 N–H and O–H groups in total. The molecule has 0 saturated carbocycles. The lowest BCUT2D eigenvalue weighted by atomic mass is 10.0. The third-order valence-corrected chi connectivity index (χ3v) is 3.02. The van der Waals surface area contributed by atoms with Crippen molar-refractivity contribution in [3.63, 3.8) is 0 Å². The third-order valence-electron chi connectivity index (χ3n) is 3.02. The maximum Gasteiger partial charge on any atom is 0.123 e. The topological polar surface area (TPSA) is 65.1 Å². The maximum absolute atomic E-state index is 5.65. The van der Waals surface area contributed by atoms with Crippen LogP contribution in [-0.2, 0) is 13.5 Å². The number of para-hydroxylation sites is 1. The summed E-state index contributed by atoms with van der Waals surface area (Å²) in [5.41, 5.74) is 3.86. The van der Waals surface area contributed by atoms with Crippen LogP contribution in [0, 0.1) is 0 Å². The molecule has 18 heavy (non-hydrogen) atoms. The Hall–Kier alpha value is -1.85. The first-order chi connectivity index (χ1) is 8.76. The molecule has 96 valence electrons. The smallest absolute Gasteiger partial charge is 0.123 e. The van der Waals surface area contributed by atoms with Gasteiger partial charge in [0.05, 0.1) is 13.2 Å². The fraction of sp³-hybridized carbons (Fsp3) is 0.308. The zero-order chi connectivity index (χ0) is 13.0. The summed E-state index contributed by atoms with van der Waals surface area (Å²) < 4.78 is 7.34. The Balaban J connectivity index is 2.25. The van der Waals surface area contributed by atoms with Gasteiger partial charge in [0, 0.05) is 31.4 Å². The largest absolute Gasteiger partial charge is 0.496 e. The molecule has 2 rings (SSSR count). The van der Waals surface area contributed by atoms with Gasteiger partial charge in [0.2, 0.25) is 0 Å². The van der Waals surface area contributed by atoms with Crippen LogP contribution in [0.1, 0.15) is 17.4 Å². The first-order valence-electron chi connectivity index (χ1n) is 5.81. The number of rotatable bonds is 5. The lowest BCUT2D eigenvalue weighted by Gasteiger charge is -2.18. The lowest BCUT2D eigenvalue weighted by Crippen LogP contribution is -2.30. The van der Waals surface area contributed by atoms with Crippen molar-refractivity contribution in [3.05, 3.63) is 48.0 Å². The van der Waals surface area contributed by atoms with Crippen LogP contribution in [-0.4, -0.2) is 16.7 Å². The van der Waals surface area contributed by atoms with E-state index in [9.17, 15) is 0 Å². The number of methoxy groups -OCH3 is 1. The quantitative estimate of drug-likeness (QED) is 0.614. The number of hydrogen-bond acceptors (Lipinski definition) is 4. The van der Waals surface area contributed by atoms with E-state index in [0.29, 0.717) is 6.42 Å². The molecule has 0 spiro atoms. The molecule has 0 radical (unpaired) electrons. The molecule has 1 atom stereocenters. The van der Waals surface area contributed by atoms with E-state index in [1.54, 1.807) is 13.3 Å². The standard InChI is InChI=1S/C13H18N4O/c1-17-8-7-15-13(17)9-11(16-14)10-5-3-4-6-12(10)18-2/h3-8,11,16H,9,14H2,1-2H3. The fourth-order valence-electron chi connectivity index (χ4n) is 1.99. The number of aryl methyl sites for hydroxylation is 1. The average Bonchev–Trinajstić information content (AvgIpc) is 2.81. The number of nitrogens with one attached hydrogen (secondary N) is 1. The number of nitrogens with zero attached hydrogens (tertiary/aromatic N) is 2. The Morgan fingerprint density at radius 3 is 2.83 bits per heavy atom. The third kappa shape index (κ3) is 2.52. The highest BCUT2D eigenvalue weighted by molar-refractivity contribution is 5.36. The van der Waals surface area contributed by atoms with E-state index in [0.717, 1.165) is 17.1 Å². The van der Waals surface area contributed by atoms with Crippen molar-refractivity contribution in [2.75, 3.05) is 7.11 Å². The molecule has 0 aliphatic rings. The van der Waals surface area contributed by atoms with Crippen molar-refractivity contribution >= 4 is 0 Å². The second-order valence-electron chi connectivity index (χ2n) is 4.12. The second-order valence-corrected chi connectivity index (χ2v) is 4.12. The molecule has 0 aliphatic carbocycles. The van der Waals surface area contributed by atoms with Crippen molar-refractivity contribution in [1.29, 1.82) is 0 Å². The number of imidazole rings is 1. The van der Waals surface area contributed by atoms with E-state index in [2.05, 4.69) is 10.4 Å². The Kier molecular flexibility index (Phi) is 3.96. The van der Waals surface area contributed by atoms with Crippen LogP contribution in [0.4, 0.5) is 0 Å². The van der Waals surface area contributed by atoms with Gasteiger partial charge in [0.15, 0.2) is 0 Å². The number of ether oxygens (including phenoxy) is 1. The number of nitrogens with two attached hydrogens (primary N) is 1. The van der Waals surface area contributed by atoms with Crippen LogP contribution in [0.5, 0.6) is 5.75 Å². The van der Waals surface area contributed by atoms with E-state index in [-0.39, 0.29) is 6.04 Å². The molecule has 0 saturated heterocycles. The fourth-order valence-corrected chi connectivity index (χ4v) is 1.99. The predicted octanol–water partition coefficient (Wildman–Crippen LogP) is 1.18. The number of hydrogen-bond donors (Lipinski definition) is 2. The Labute approximate surface area is 107 Å². The first kappa shape index (κ1) is 12.6. The number of aromatic nitrogens is 2. The van der Waals surface area contributed by atoms with Gasteiger partial charge >= 0.3 is 0 Å². The van der Waals surface area contributed by atoms with Crippen LogP contribution < -0.4 is 16.0 Å². The summed E-state index contributed by atoms with van der Waals surface area (Å²) in [7, 11) is 3.63. The zero-order valence-corrected chi connectivity index (χ0v) is 10.6. The van der Waals surface area contributed by atoms with Crippen LogP contribution in [0.25, 0.3) is 0 Å². The van der Waals surface area contributed by atoms with Crippen LogP contribution in [0.3, 0.4) is 0 Å². The van der Waals surface area contributed by atoms with Crippen LogP contribution >= 0.6 is 0 Å². The van der Waals surface area contributed by atoms with Gasteiger partial charge in [0.1, 0.15) is 11.6 Å². The Bertz CT molecular complexity index is 509. The van der Waals surface area contributed by atoms with Gasteiger partial charge in [-0.25, -0.2) is 4.98 Å². The SMILES string of the molecule is COc1ccccc1C(Cc1nccn1C)NN. The van der Waals surface area contributed by atoms with Gasteiger partial charge in [-0.15, -0.1) is 0 Å². The molecule has 5 heteroatoms. The molecule has 0 aliphatic heterocycles. The van der Waals surface area contributed by atoms with Crippen molar-refractivity contribution in [1.82, 2.24) is 15.0 Å². The summed E-state index contributed by atoms with van der Waals surface area (Å²) in [6.07, 6.45) is 4.41. The van der Waals surface area contributed by atoms with E-state index in [1.807, 2.05) is 42.1 Å². The van der Waals surface area contributed by atoms with Crippen molar-refractivity contribution in [2.45, 2.75) is 12.5 Å². The van der Waals surface area contributed by atoms with Gasteiger partial charge in [-0.2, -0.15) is 0 Å². The average molecular weight is 246 g/mol. The monoisotopic (exact) mass is 246 g/mol. The Morgan fingerprint density at radius 2 is 2.22 bits per heavy atom. The van der Waals surface area contributed by atoms with Crippen molar-refractivity contribution in [3.8, 4) is 5.75 Å². The van der Waals surface area contributed by atoms with E-state index in [4.69, 9.17) is 10.6 Å². The minimum Gasteiger partial charge on any atom is -0.496 e. The normalized spacial score (nSPS) is 12.4. The molecule has 1 aromatic heterocycles. The summed E-state index contributed by atoms with van der Waals surface area (Å²) in [5, 5.41) is 0. The highest BCUT2D eigenvalue weighted by atomic mass is 16.5. The summed E-state index contributed by atoms with van der Waals surface area (Å²) >= 11 is 0. The molecule has 1 heterocycles. The molecule has 0 amide bonds. The zero-order valence-electron chi connectivity index (χ0n) is 10.6. The second kappa shape index (κ2) is 5.66. The lowest BCUT2D eigenvalue weighted by molar-refractivity contribution is 0.398. The highest BCUT2D eigenvalue weighted by Crippen LogP contribution is 2.26. The van der Waals surface area contributed by atoms with Crippen LogP contribution in [0.15, 0.2) is 36.7 Å². The summed E-state index contributed by atoms with van der Waals surface area (Å²) in [5.74, 6) is 7.46. The molecular weight excluding hydrogens is 228 g/mol. The molecule has 1 unspecified atom stereocenters. The molecule has 2 aromatic rings. The summed E-state index contributed by atoms with van der Waals surface area (Å²) in [6, 6.07) is 7.82. The molecule has 1 aromatic carbocycles. The highest BCUT2D eigenvalue weighted by Gasteiger charge is 2.16. The van der Waals surface area contributed by atoms with Gasteiger partial charge in [0.25, 0.3) is 0 Å².